The fraction of sp³-hybridized carbons (Fsp3) is 0.185. The number of hydrogen-bond donors (Lipinski definition) is 1. The lowest BCUT2D eigenvalue weighted by atomic mass is 10.1. The van der Waals surface area contributed by atoms with E-state index in [-0.39, 0.29) is 17.2 Å². The molecule has 0 fully saturated rings. The lowest BCUT2D eigenvalue weighted by molar-refractivity contribution is -0.137. The molecule has 0 saturated heterocycles. The topological polar surface area (TPSA) is 110 Å². The van der Waals surface area contributed by atoms with Gasteiger partial charge in [0.15, 0.2) is 6.23 Å². The van der Waals surface area contributed by atoms with E-state index in [1.54, 1.807) is 43.3 Å². The summed E-state index contributed by atoms with van der Waals surface area (Å²) in [5.74, 6) is 1.09. The number of ether oxygens (including phenoxy) is 1. The SMILES string of the molecule is Cc1oc(-c2ccc(C(F)(F)F)cc2)nc1CSc1ccc(S(=O)(=O)N2c3ccccc3C[C@H]2OC(=O)O)cc1. The lowest BCUT2D eigenvalue weighted by Crippen LogP contribution is -2.40. The highest BCUT2D eigenvalue weighted by molar-refractivity contribution is 7.98. The van der Waals surface area contributed by atoms with Crippen LogP contribution in [0.1, 0.15) is 22.6 Å². The summed E-state index contributed by atoms with van der Waals surface area (Å²) in [5, 5.41) is 9.12. The molecule has 0 saturated carbocycles. The molecule has 1 aliphatic rings. The molecule has 0 aliphatic carbocycles. The molecular formula is C27H21F3N2O6S2. The van der Waals surface area contributed by atoms with Gasteiger partial charge in [0.05, 0.1) is 21.8 Å². The molecule has 0 amide bonds. The third-order valence-electron chi connectivity index (χ3n) is 6.23. The van der Waals surface area contributed by atoms with Gasteiger partial charge in [-0.1, -0.05) is 18.2 Å². The van der Waals surface area contributed by atoms with E-state index in [4.69, 9.17) is 14.3 Å². The Bertz CT molecular complexity index is 1650. The fourth-order valence-electron chi connectivity index (χ4n) is 4.28. The van der Waals surface area contributed by atoms with Crippen molar-refractivity contribution in [2.24, 2.45) is 0 Å². The van der Waals surface area contributed by atoms with Crippen molar-refractivity contribution < 1.29 is 40.6 Å². The van der Waals surface area contributed by atoms with E-state index in [2.05, 4.69) is 4.98 Å². The van der Waals surface area contributed by atoms with Crippen molar-refractivity contribution in [1.29, 1.82) is 0 Å². The second kappa shape index (κ2) is 10.5. The molecule has 2 heterocycles. The van der Waals surface area contributed by atoms with Crippen molar-refractivity contribution in [3.63, 3.8) is 0 Å². The molecule has 0 radical (unpaired) electrons. The summed E-state index contributed by atoms with van der Waals surface area (Å²) in [7, 11) is -4.14. The molecule has 1 atom stereocenters. The maximum atomic E-state index is 13.5. The number of aryl methyl sites for hydroxylation is 1. The normalized spacial score (nSPS) is 15.2. The zero-order valence-electron chi connectivity index (χ0n) is 20.8. The summed E-state index contributed by atoms with van der Waals surface area (Å²) >= 11 is 1.37. The Morgan fingerprint density at radius 1 is 1.10 bits per heavy atom. The molecule has 8 nitrogen and oxygen atoms in total. The summed E-state index contributed by atoms with van der Waals surface area (Å²) < 4.78 is 77.0. The third-order valence-corrected chi connectivity index (χ3v) is 9.07. The fourth-order valence-corrected chi connectivity index (χ4v) is 6.75. The third kappa shape index (κ3) is 5.52. The molecule has 3 aromatic carbocycles. The van der Waals surface area contributed by atoms with Crippen molar-refractivity contribution >= 4 is 33.6 Å². The van der Waals surface area contributed by atoms with Gasteiger partial charge < -0.3 is 14.3 Å². The van der Waals surface area contributed by atoms with Crippen LogP contribution in [0.3, 0.4) is 0 Å². The van der Waals surface area contributed by atoms with Gasteiger partial charge in [0.25, 0.3) is 10.0 Å². The molecule has 0 spiro atoms. The minimum atomic E-state index is -4.44. The quantitative estimate of drug-likeness (QED) is 0.186. The van der Waals surface area contributed by atoms with Crippen molar-refractivity contribution in [2.75, 3.05) is 4.31 Å². The Labute approximate surface area is 231 Å². The molecule has 1 aliphatic heterocycles. The molecule has 4 aromatic rings. The number of fused-ring (bicyclic) bond motifs is 1. The number of hydrogen-bond acceptors (Lipinski definition) is 7. The van der Waals surface area contributed by atoms with Gasteiger partial charge in [-0.15, -0.1) is 11.8 Å². The average Bonchev–Trinajstić information content (AvgIpc) is 3.46. The van der Waals surface area contributed by atoms with E-state index in [0.717, 1.165) is 21.3 Å². The predicted molar refractivity (Wildman–Crippen MR) is 140 cm³/mol. The van der Waals surface area contributed by atoms with E-state index < -0.39 is 34.1 Å². The first-order chi connectivity index (χ1) is 18.9. The van der Waals surface area contributed by atoms with Gasteiger partial charge in [-0.3, -0.25) is 0 Å². The van der Waals surface area contributed by atoms with Crippen LogP contribution < -0.4 is 4.31 Å². The number of sulfonamides is 1. The highest BCUT2D eigenvalue weighted by atomic mass is 32.2. The standard InChI is InChI=1S/C27H21F3N2O6S2/c1-16-22(31-25(37-16)17-6-8-19(9-7-17)27(28,29)30)15-39-20-10-12-21(13-11-20)40(35,36)32-23-5-3-2-4-18(23)14-24(32)38-26(33)34/h2-13,24H,14-15H2,1H3,(H,33,34)/t24-/m1/s1. The summed E-state index contributed by atoms with van der Waals surface area (Å²) in [6.07, 6.45) is -7.13. The molecule has 1 aromatic heterocycles. The number of carboxylic acid groups (broad SMARTS) is 1. The first kappa shape index (κ1) is 27.6. The molecule has 40 heavy (non-hydrogen) atoms. The van der Waals surface area contributed by atoms with Crippen LogP contribution in [0.25, 0.3) is 11.5 Å². The minimum Gasteiger partial charge on any atom is -0.450 e. The Hall–Kier alpha value is -3.97. The van der Waals surface area contributed by atoms with Gasteiger partial charge in [-0.05, 0) is 67.1 Å². The van der Waals surface area contributed by atoms with Crippen LogP contribution in [-0.2, 0) is 33.1 Å². The van der Waals surface area contributed by atoms with Crippen LogP contribution >= 0.6 is 11.8 Å². The number of rotatable bonds is 7. The monoisotopic (exact) mass is 590 g/mol. The number of oxazole rings is 1. The van der Waals surface area contributed by atoms with E-state index in [0.29, 0.717) is 34.0 Å². The van der Waals surface area contributed by atoms with Crippen LogP contribution in [0, 0.1) is 6.92 Å². The Kier molecular flexibility index (Phi) is 7.27. The largest absolute Gasteiger partial charge is 0.507 e. The number of nitrogens with zero attached hydrogens (tertiary/aromatic N) is 2. The van der Waals surface area contributed by atoms with Crippen molar-refractivity contribution in [3.8, 4) is 11.5 Å². The Morgan fingerprint density at radius 3 is 2.42 bits per heavy atom. The lowest BCUT2D eigenvalue weighted by Gasteiger charge is -2.25. The molecular weight excluding hydrogens is 569 g/mol. The van der Waals surface area contributed by atoms with E-state index in [9.17, 15) is 26.4 Å². The van der Waals surface area contributed by atoms with Gasteiger partial charge in [0, 0.05) is 22.6 Å². The zero-order chi connectivity index (χ0) is 28.7. The second-order valence-electron chi connectivity index (χ2n) is 8.83. The number of aromatic nitrogens is 1. The molecule has 1 N–H and O–H groups in total. The van der Waals surface area contributed by atoms with Gasteiger partial charge in [0.2, 0.25) is 5.89 Å². The Morgan fingerprint density at radius 2 is 1.77 bits per heavy atom. The average molecular weight is 591 g/mol. The number of para-hydroxylation sites is 1. The van der Waals surface area contributed by atoms with Crippen LogP contribution in [0.15, 0.2) is 87.0 Å². The van der Waals surface area contributed by atoms with Gasteiger partial charge in [0.1, 0.15) is 5.76 Å². The number of benzene rings is 3. The number of carbonyl (C=O) groups is 1. The van der Waals surface area contributed by atoms with Crippen molar-refractivity contribution in [1.82, 2.24) is 4.98 Å². The predicted octanol–water partition coefficient (Wildman–Crippen LogP) is 6.73. The molecule has 0 unspecified atom stereocenters. The highest BCUT2D eigenvalue weighted by Crippen LogP contribution is 2.38. The van der Waals surface area contributed by atoms with Crippen molar-refractivity contribution in [3.05, 3.63) is 95.4 Å². The number of anilines is 1. The van der Waals surface area contributed by atoms with Gasteiger partial charge >= 0.3 is 12.3 Å². The van der Waals surface area contributed by atoms with Crippen LogP contribution in [0.4, 0.5) is 23.7 Å². The molecule has 0 bridgehead atoms. The van der Waals surface area contributed by atoms with E-state index >= 15 is 0 Å². The number of alkyl halides is 3. The van der Waals surface area contributed by atoms with Crippen LogP contribution in [0.5, 0.6) is 0 Å². The molecule has 5 rings (SSSR count). The van der Waals surface area contributed by atoms with E-state index in [1.807, 2.05) is 0 Å². The smallest absolute Gasteiger partial charge is 0.450 e. The number of thioether (sulfide) groups is 1. The zero-order valence-corrected chi connectivity index (χ0v) is 22.4. The second-order valence-corrected chi connectivity index (χ2v) is 11.7. The van der Waals surface area contributed by atoms with Crippen LogP contribution in [-0.4, -0.2) is 30.9 Å². The molecule has 208 valence electrons. The first-order valence-electron chi connectivity index (χ1n) is 11.8. The Balaban J connectivity index is 1.30. The summed E-state index contributed by atoms with van der Waals surface area (Å²) in [4.78, 5) is 16.3. The maximum Gasteiger partial charge on any atom is 0.507 e. The molecule has 13 heteroatoms. The summed E-state index contributed by atoms with van der Waals surface area (Å²) in [6.45, 7) is 1.70. The summed E-state index contributed by atoms with van der Waals surface area (Å²) in [6, 6.07) is 17.4. The maximum absolute atomic E-state index is 13.5. The van der Waals surface area contributed by atoms with Gasteiger partial charge in [-0.25, -0.2) is 22.5 Å². The number of halogens is 3. The van der Waals surface area contributed by atoms with E-state index in [1.165, 1.54) is 36.0 Å². The van der Waals surface area contributed by atoms with Crippen LogP contribution in [0.2, 0.25) is 0 Å². The summed E-state index contributed by atoms with van der Waals surface area (Å²) in [5.41, 5.74) is 1.26. The minimum absolute atomic E-state index is 0.0326. The first-order valence-corrected chi connectivity index (χ1v) is 14.2. The van der Waals surface area contributed by atoms with Gasteiger partial charge in [-0.2, -0.15) is 13.2 Å². The highest BCUT2D eigenvalue weighted by Gasteiger charge is 2.40. The van der Waals surface area contributed by atoms with Crippen molar-refractivity contribution in [2.45, 2.75) is 41.3 Å².